The van der Waals surface area contributed by atoms with E-state index in [0.717, 1.165) is 54.4 Å². The van der Waals surface area contributed by atoms with Crippen LogP contribution in [0.1, 0.15) is 39.0 Å². The summed E-state index contributed by atoms with van der Waals surface area (Å²) in [6.07, 6.45) is 7.53. The van der Waals surface area contributed by atoms with Crippen molar-refractivity contribution >= 4 is 5.95 Å². The van der Waals surface area contributed by atoms with Gasteiger partial charge in [-0.05, 0) is 49.3 Å². The topological polar surface area (TPSA) is 74.7 Å². The summed E-state index contributed by atoms with van der Waals surface area (Å²) in [6.45, 7) is 4.77. The SMILES string of the molecule is CC1CCC(Nc2ncc(-c3ccc4c(c3)OCCO4)c(OC3CCOC3)n2)CC1. The fourth-order valence-corrected chi connectivity index (χ4v) is 4.29. The Morgan fingerprint density at radius 2 is 1.83 bits per heavy atom. The van der Waals surface area contributed by atoms with Gasteiger partial charge in [0.25, 0.3) is 0 Å². The molecule has 7 nitrogen and oxygen atoms in total. The number of fused-ring (bicyclic) bond motifs is 1. The molecule has 1 saturated carbocycles. The molecule has 5 rings (SSSR count). The molecule has 1 aromatic heterocycles. The van der Waals surface area contributed by atoms with Gasteiger partial charge in [0.15, 0.2) is 11.5 Å². The van der Waals surface area contributed by atoms with Gasteiger partial charge in [0, 0.05) is 18.7 Å². The predicted molar refractivity (Wildman–Crippen MR) is 113 cm³/mol. The van der Waals surface area contributed by atoms with E-state index in [-0.39, 0.29) is 6.10 Å². The van der Waals surface area contributed by atoms with Crippen molar-refractivity contribution in [2.75, 3.05) is 31.7 Å². The first-order valence-electron chi connectivity index (χ1n) is 11.0. The fraction of sp³-hybridized carbons (Fsp3) is 0.565. The molecular formula is C23H29N3O4. The lowest BCUT2D eigenvalue weighted by molar-refractivity contribution is 0.138. The van der Waals surface area contributed by atoms with Gasteiger partial charge in [-0.1, -0.05) is 13.0 Å². The number of ether oxygens (including phenoxy) is 4. The first kappa shape index (κ1) is 19.4. The summed E-state index contributed by atoms with van der Waals surface area (Å²) in [6, 6.07) is 6.33. The zero-order valence-corrected chi connectivity index (χ0v) is 17.4. The van der Waals surface area contributed by atoms with E-state index >= 15 is 0 Å². The maximum atomic E-state index is 6.26. The molecule has 1 unspecified atom stereocenters. The molecule has 2 aliphatic heterocycles. The molecule has 160 valence electrons. The number of benzene rings is 1. The van der Waals surface area contributed by atoms with Crippen LogP contribution in [0.5, 0.6) is 17.4 Å². The molecule has 0 radical (unpaired) electrons. The van der Waals surface area contributed by atoms with Crippen molar-refractivity contribution in [3.8, 4) is 28.5 Å². The molecule has 0 bridgehead atoms. The highest BCUT2D eigenvalue weighted by Crippen LogP contribution is 2.38. The van der Waals surface area contributed by atoms with Crippen molar-refractivity contribution < 1.29 is 18.9 Å². The minimum atomic E-state index is 0.0132. The molecule has 0 amide bonds. The van der Waals surface area contributed by atoms with Gasteiger partial charge >= 0.3 is 0 Å². The van der Waals surface area contributed by atoms with Gasteiger partial charge in [0.1, 0.15) is 19.3 Å². The molecule has 2 aromatic rings. The maximum absolute atomic E-state index is 6.26. The third-order valence-electron chi connectivity index (χ3n) is 6.12. The summed E-state index contributed by atoms with van der Waals surface area (Å²) in [4.78, 5) is 9.38. The van der Waals surface area contributed by atoms with E-state index in [1.807, 2.05) is 24.4 Å². The molecule has 1 aliphatic carbocycles. The van der Waals surface area contributed by atoms with E-state index in [9.17, 15) is 0 Å². The van der Waals surface area contributed by atoms with E-state index < -0.39 is 0 Å². The monoisotopic (exact) mass is 411 g/mol. The van der Waals surface area contributed by atoms with Crippen LogP contribution in [0, 0.1) is 5.92 Å². The van der Waals surface area contributed by atoms with Crippen molar-refractivity contribution in [3.63, 3.8) is 0 Å². The molecule has 2 fully saturated rings. The Hall–Kier alpha value is -2.54. The van der Waals surface area contributed by atoms with Gasteiger partial charge in [0.2, 0.25) is 11.8 Å². The first-order valence-corrected chi connectivity index (χ1v) is 11.0. The van der Waals surface area contributed by atoms with E-state index in [1.54, 1.807) is 0 Å². The lowest BCUT2D eigenvalue weighted by Crippen LogP contribution is -2.26. The summed E-state index contributed by atoms with van der Waals surface area (Å²) in [7, 11) is 0. The lowest BCUT2D eigenvalue weighted by Gasteiger charge is -2.27. The molecule has 3 heterocycles. The van der Waals surface area contributed by atoms with Gasteiger partial charge in [-0.2, -0.15) is 4.98 Å². The minimum Gasteiger partial charge on any atom is -0.486 e. The summed E-state index contributed by atoms with van der Waals surface area (Å²) in [5, 5.41) is 3.52. The Labute approximate surface area is 177 Å². The second kappa shape index (κ2) is 8.68. The zero-order chi connectivity index (χ0) is 20.3. The highest BCUT2D eigenvalue weighted by molar-refractivity contribution is 5.71. The normalized spacial score (nSPS) is 25.7. The standard InChI is InChI=1S/C23H29N3O4/c1-15-2-5-17(6-3-15)25-23-24-13-19(22(26-23)30-18-8-9-27-14-18)16-4-7-20-21(12-16)29-11-10-28-20/h4,7,12-13,15,17-18H,2-3,5-6,8-11,14H2,1H3,(H,24,25,26). The van der Waals surface area contributed by atoms with Crippen LogP contribution < -0.4 is 19.5 Å². The predicted octanol–water partition coefficient (Wildman–Crippen LogP) is 4.07. The number of nitrogens with one attached hydrogen (secondary N) is 1. The second-order valence-electron chi connectivity index (χ2n) is 8.48. The van der Waals surface area contributed by atoms with E-state index in [4.69, 9.17) is 23.9 Å². The van der Waals surface area contributed by atoms with E-state index in [0.29, 0.717) is 37.7 Å². The van der Waals surface area contributed by atoms with Crippen molar-refractivity contribution in [1.82, 2.24) is 9.97 Å². The Kier molecular flexibility index (Phi) is 5.62. The van der Waals surface area contributed by atoms with Gasteiger partial charge < -0.3 is 24.3 Å². The average Bonchev–Trinajstić information content (AvgIpc) is 3.28. The van der Waals surface area contributed by atoms with Crippen LogP contribution in [0.4, 0.5) is 5.95 Å². The Bertz CT molecular complexity index is 877. The number of rotatable bonds is 5. The van der Waals surface area contributed by atoms with Crippen molar-refractivity contribution in [3.05, 3.63) is 24.4 Å². The Morgan fingerprint density at radius 3 is 2.63 bits per heavy atom. The van der Waals surface area contributed by atoms with Gasteiger partial charge in [0.05, 0.1) is 18.8 Å². The molecule has 1 N–H and O–H groups in total. The van der Waals surface area contributed by atoms with E-state index in [1.165, 1.54) is 12.8 Å². The van der Waals surface area contributed by atoms with Crippen molar-refractivity contribution in [2.24, 2.45) is 5.92 Å². The quantitative estimate of drug-likeness (QED) is 0.795. The molecule has 1 atom stereocenters. The number of hydrogen-bond donors (Lipinski definition) is 1. The van der Waals surface area contributed by atoms with Crippen molar-refractivity contribution in [2.45, 2.75) is 51.2 Å². The van der Waals surface area contributed by atoms with Crippen molar-refractivity contribution in [1.29, 1.82) is 0 Å². The van der Waals surface area contributed by atoms with Crippen LogP contribution in [0.25, 0.3) is 11.1 Å². The molecule has 3 aliphatic rings. The Balaban J connectivity index is 1.42. The number of aromatic nitrogens is 2. The summed E-state index contributed by atoms with van der Waals surface area (Å²) in [5.41, 5.74) is 1.80. The van der Waals surface area contributed by atoms with Gasteiger partial charge in [-0.15, -0.1) is 0 Å². The van der Waals surface area contributed by atoms with Gasteiger partial charge in [-0.3, -0.25) is 0 Å². The molecular weight excluding hydrogens is 382 g/mol. The van der Waals surface area contributed by atoms with Crippen LogP contribution in [-0.2, 0) is 4.74 Å². The summed E-state index contributed by atoms with van der Waals surface area (Å²) >= 11 is 0. The third kappa shape index (κ3) is 4.31. The van der Waals surface area contributed by atoms with Crippen LogP contribution >= 0.6 is 0 Å². The number of nitrogens with zero attached hydrogens (tertiary/aromatic N) is 2. The first-order chi connectivity index (χ1) is 14.7. The average molecular weight is 412 g/mol. The fourth-order valence-electron chi connectivity index (χ4n) is 4.29. The summed E-state index contributed by atoms with van der Waals surface area (Å²) < 4.78 is 23.2. The number of hydrogen-bond acceptors (Lipinski definition) is 7. The van der Waals surface area contributed by atoms with E-state index in [2.05, 4.69) is 17.2 Å². The zero-order valence-electron chi connectivity index (χ0n) is 17.4. The lowest BCUT2D eigenvalue weighted by atomic mass is 9.87. The van der Waals surface area contributed by atoms with Crippen LogP contribution in [0.2, 0.25) is 0 Å². The molecule has 30 heavy (non-hydrogen) atoms. The van der Waals surface area contributed by atoms with Crippen LogP contribution in [0.3, 0.4) is 0 Å². The molecule has 1 saturated heterocycles. The maximum Gasteiger partial charge on any atom is 0.226 e. The smallest absolute Gasteiger partial charge is 0.226 e. The van der Waals surface area contributed by atoms with Crippen LogP contribution in [0.15, 0.2) is 24.4 Å². The highest BCUT2D eigenvalue weighted by atomic mass is 16.6. The molecule has 0 spiro atoms. The molecule has 1 aromatic carbocycles. The van der Waals surface area contributed by atoms with Crippen LogP contribution in [-0.4, -0.2) is 48.5 Å². The molecule has 7 heteroatoms. The third-order valence-corrected chi connectivity index (χ3v) is 6.12. The van der Waals surface area contributed by atoms with Gasteiger partial charge in [-0.25, -0.2) is 4.98 Å². The minimum absolute atomic E-state index is 0.0132. The highest BCUT2D eigenvalue weighted by Gasteiger charge is 2.23. The summed E-state index contributed by atoms with van der Waals surface area (Å²) in [5.74, 6) is 3.53. The second-order valence-corrected chi connectivity index (χ2v) is 8.48. The number of anilines is 1. The largest absolute Gasteiger partial charge is 0.486 e. The Morgan fingerprint density at radius 1 is 1.00 bits per heavy atom.